The number of halogens is 1. The molecular formula is C23H21ClN4O4S. The molecule has 8 nitrogen and oxygen atoms in total. The van der Waals surface area contributed by atoms with Crippen LogP contribution in [0.1, 0.15) is 18.9 Å². The van der Waals surface area contributed by atoms with E-state index < -0.39 is 5.91 Å². The predicted octanol–water partition coefficient (Wildman–Crippen LogP) is 4.84. The van der Waals surface area contributed by atoms with Gasteiger partial charge in [0.2, 0.25) is 5.17 Å². The molecule has 0 atom stereocenters. The van der Waals surface area contributed by atoms with Crippen molar-refractivity contribution < 1.29 is 19.0 Å². The van der Waals surface area contributed by atoms with Gasteiger partial charge in [-0.05, 0) is 54.1 Å². The molecule has 1 N–H and O–H groups in total. The summed E-state index contributed by atoms with van der Waals surface area (Å²) in [4.78, 5) is 16.6. The normalized spacial score (nSPS) is 16.5. The molecule has 2 heterocycles. The molecule has 0 spiro atoms. The number of nitrogens with one attached hydrogen (secondary N) is 1. The van der Waals surface area contributed by atoms with Crippen LogP contribution in [-0.4, -0.2) is 47.3 Å². The molecule has 33 heavy (non-hydrogen) atoms. The maximum absolute atomic E-state index is 12.5. The highest BCUT2D eigenvalue weighted by Gasteiger charge is 2.35. The Labute approximate surface area is 200 Å². The number of para-hydroxylation sites is 1. The van der Waals surface area contributed by atoms with E-state index in [2.05, 4.69) is 10.1 Å². The Balaban J connectivity index is 1.45. The minimum atomic E-state index is -0.470. The lowest BCUT2D eigenvalue weighted by Crippen LogP contribution is -2.35. The number of hydrogen-bond acceptors (Lipinski definition) is 7. The van der Waals surface area contributed by atoms with E-state index >= 15 is 0 Å². The molecule has 0 unspecified atom stereocenters. The van der Waals surface area contributed by atoms with E-state index in [1.165, 1.54) is 23.9 Å². The van der Waals surface area contributed by atoms with Crippen molar-refractivity contribution in [3.8, 4) is 17.2 Å². The van der Waals surface area contributed by atoms with Crippen molar-refractivity contribution in [3.63, 3.8) is 0 Å². The van der Waals surface area contributed by atoms with Gasteiger partial charge >= 0.3 is 0 Å². The average Bonchev–Trinajstić information content (AvgIpc) is 3.24. The van der Waals surface area contributed by atoms with E-state index in [9.17, 15) is 4.79 Å². The Morgan fingerprint density at radius 3 is 2.61 bits per heavy atom. The zero-order chi connectivity index (χ0) is 23.4. The fraction of sp³-hybridized carbons (Fsp3) is 0.217. The molecule has 0 saturated carbocycles. The van der Waals surface area contributed by atoms with Crippen molar-refractivity contribution >= 4 is 51.4 Å². The lowest BCUT2D eigenvalue weighted by atomic mass is 10.1. The molecule has 4 rings (SSSR count). The summed E-state index contributed by atoms with van der Waals surface area (Å²) in [6.45, 7) is 2.55. The Kier molecular flexibility index (Phi) is 7.00. The first-order valence-electron chi connectivity index (χ1n) is 10.2. The molecule has 170 valence electrons. The molecule has 0 fully saturated rings. The van der Waals surface area contributed by atoms with Gasteiger partial charge in [-0.1, -0.05) is 36.7 Å². The van der Waals surface area contributed by atoms with Crippen molar-refractivity contribution in [3.05, 3.63) is 58.6 Å². The fourth-order valence-electron chi connectivity index (χ4n) is 3.10. The van der Waals surface area contributed by atoms with Gasteiger partial charge in [0.1, 0.15) is 24.0 Å². The summed E-state index contributed by atoms with van der Waals surface area (Å²) < 4.78 is 16.9. The third-order valence-electron chi connectivity index (χ3n) is 4.73. The molecule has 0 radical (unpaired) electrons. The van der Waals surface area contributed by atoms with E-state index in [-0.39, 0.29) is 18.0 Å². The minimum absolute atomic E-state index is 0.00281. The lowest BCUT2D eigenvalue weighted by Gasteiger charge is -2.20. The molecule has 10 heteroatoms. The predicted molar refractivity (Wildman–Crippen MR) is 131 cm³/mol. The van der Waals surface area contributed by atoms with E-state index in [0.29, 0.717) is 46.0 Å². The first kappa shape index (κ1) is 22.9. The number of nitrogens with zero attached hydrogens (tertiary/aromatic N) is 3. The highest BCUT2D eigenvalue weighted by atomic mass is 35.5. The first-order chi connectivity index (χ1) is 16.0. The second kappa shape index (κ2) is 10.1. The molecule has 2 aliphatic heterocycles. The van der Waals surface area contributed by atoms with Crippen LogP contribution in [0.25, 0.3) is 6.08 Å². The number of amidine groups is 2. The Hall–Kier alpha value is -3.30. The van der Waals surface area contributed by atoms with E-state index in [1.807, 2.05) is 19.1 Å². The number of methoxy groups -OCH3 is 1. The molecule has 2 aliphatic rings. The van der Waals surface area contributed by atoms with Crippen molar-refractivity contribution in [2.45, 2.75) is 13.3 Å². The van der Waals surface area contributed by atoms with Crippen molar-refractivity contribution in [1.82, 2.24) is 5.01 Å². The molecule has 2 aromatic carbocycles. The number of rotatable bonds is 8. The smallest absolute Gasteiger partial charge is 0.283 e. The number of thioether (sulfide) groups is 1. The minimum Gasteiger partial charge on any atom is -0.493 e. The number of aliphatic imine (C=N–C) groups is 1. The number of carbonyl (C=O) groups excluding carboxylic acids is 1. The number of hydrazone groups is 1. The van der Waals surface area contributed by atoms with Gasteiger partial charge in [0.25, 0.3) is 5.91 Å². The summed E-state index contributed by atoms with van der Waals surface area (Å²) in [7, 11) is 1.53. The zero-order valence-electron chi connectivity index (χ0n) is 18.0. The molecule has 0 aliphatic carbocycles. The Bertz CT molecular complexity index is 1190. The van der Waals surface area contributed by atoms with Gasteiger partial charge in [-0.3, -0.25) is 10.2 Å². The van der Waals surface area contributed by atoms with Crippen molar-refractivity contribution in [2.24, 2.45) is 10.1 Å². The maximum Gasteiger partial charge on any atom is 0.283 e. The number of amides is 1. The van der Waals surface area contributed by atoms with Gasteiger partial charge in [0.05, 0.1) is 17.7 Å². The molecule has 1 amide bonds. The highest BCUT2D eigenvalue weighted by molar-refractivity contribution is 8.26. The lowest BCUT2D eigenvalue weighted by molar-refractivity contribution is -0.114. The number of benzene rings is 2. The number of carbonyl (C=O) groups is 1. The van der Waals surface area contributed by atoms with Crippen LogP contribution < -0.4 is 14.2 Å². The second-order valence-corrected chi connectivity index (χ2v) is 8.35. The quantitative estimate of drug-likeness (QED) is 0.425. The summed E-state index contributed by atoms with van der Waals surface area (Å²) in [5.74, 6) is 1.14. The van der Waals surface area contributed by atoms with Gasteiger partial charge in [-0.2, -0.15) is 15.1 Å². The van der Waals surface area contributed by atoms with Crippen LogP contribution in [0.15, 0.2) is 58.1 Å². The summed E-state index contributed by atoms with van der Waals surface area (Å²) in [5, 5.41) is 15.9. The number of hydrogen-bond donors (Lipinski definition) is 1. The third kappa shape index (κ3) is 5.04. The van der Waals surface area contributed by atoms with Crippen LogP contribution in [0.5, 0.6) is 17.2 Å². The van der Waals surface area contributed by atoms with Crippen LogP contribution in [0.4, 0.5) is 0 Å². The van der Waals surface area contributed by atoms with Crippen molar-refractivity contribution in [2.75, 3.05) is 20.3 Å². The first-order valence-corrected chi connectivity index (χ1v) is 11.4. The largest absolute Gasteiger partial charge is 0.493 e. The van der Waals surface area contributed by atoms with Crippen LogP contribution >= 0.6 is 23.4 Å². The Morgan fingerprint density at radius 2 is 1.88 bits per heavy atom. The second-order valence-electron chi connectivity index (χ2n) is 6.90. The number of ether oxygens (including phenoxy) is 3. The molecular weight excluding hydrogens is 464 g/mol. The van der Waals surface area contributed by atoms with Crippen LogP contribution in [0, 0.1) is 5.41 Å². The molecule has 2 aromatic rings. The summed E-state index contributed by atoms with van der Waals surface area (Å²) >= 11 is 7.39. The van der Waals surface area contributed by atoms with Crippen LogP contribution in [0.2, 0.25) is 5.02 Å². The van der Waals surface area contributed by atoms with Crippen molar-refractivity contribution in [1.29, 1.82) is 5.41 Å². The highest BCUT2D eigenvalue weighted by Crippen LogP contribution is 2.32. The summed E-state index contributed by atoms with van der Waals surface area (Å²) in [6, 6.07) is 12.5. The maximum atomic E-state index is 12.5. The molecule has 0 aromatic heterocycles. The van der Waals surface area contributed by atoms with Crippen LogP contribution in [0.3, 0.4) is 0 Å². The van der Waals surface area contributed by atoms with Gasteiger partial charge in [0.15, 0.2) is 17.3 Å². The zero-order valence-corrected chi connectivity index (χ0v) is 19.6. The topological polar surface area (TPSA) is 96.6 Å². The van der Waals surface area contributed by atoms with E-state index in [0.717, 1.165) is 5.04 Å². The summed E-state index contributed by atoms with van der Waals surface area (Å²) in [5.41, 5.74) is 0.828. The van der Waals surface area contributed by atoms with E-state index in [1.54, 1.807) is 36.4 Å². The fourth-order valence-corrected chi connectivity index (χ4v) is 4.11. The SMILES string of the molecule is CCC1=NN2C(=N)/C(=C/c3ccc(OCCOc4ccccc4Cl)c(OC)c3)C(=O)N=C2S1. The van der Waals surface area contributed by atoms with Crippen LogP contribution in [-0.2, 0) is 4.79 Å². The average molecular weight is 485 g/mol. The summed E-state index contributed by atoms with van der Waals surface area (Å²) in [6.07, 6.45) is 2.31. The van der Waals surface area contributed by atoms with Gasteiger partial charge in [-0.15, -0.1) is 0 Å². The van der Waals surface area contributed by atoms with Gasteiger partial charge < -0.3 is 14.2 Å². The standard InChI is InChI=1S/C23H21ClN4O4S/c1-3-20-27-28-21(25)15(22(29)26-23(28)33-20)12-14-8-9-18(19(13-14)30-2)32-11-10-31-17-7-5-4-6-16(17)24/h4-9,12-13,25H,3,10-11H2,1-2H3/b15-12-,25-21?. The molecule has 0 saturated heterocycles. The van der Waals surface area contributed by atoms with E-state index in [4.69, 9.17) is 31.2 Å². The Morgan fingerprint density at radius 1 is 1.12 bits per heavy atom. The van der Waals surface area contributed by atoms with Gasteiger partial charge in [-0.25, -0.2) is 0 Å². The molecule has 0 bridgehead atoms. The van der Waals surface area contributed by atoms with Gasteiger partial charge in [0, 0.05) is 0 Å². The number of fused-ring (bicyclic) bond motifs is 1. The third-order valence-corrected chi connectivity index (χ3v) is 6.10. The monoisotopic (exact) mass is 484 g/mol.